The van der Waals surface area contributed by atoms with Crippen LogP contribution in [0.2, 0.25) is 0 Å². The predicted molar refractivity (Wildman–Crippen MR) is 128 cm³/mol. The summed E-state index contributed by atoms with van der Waals surface area (Å²) in [7, 11) is 0. The fourth-order valence-corrected chi connectivity index (χ4v) is 4.41. The lowest BCUT2D eigenvalue weighted by Crippen LogP contribution is -2.24. The van der Waals surface area contributed by atoms with Gasteiger partial charge in [-0.15, -0.1) is 0 Å². The van der Waals surface area contributed by atoms with Gasteiger partial charge in [0.2, 0.25) is 0 Å². The lowest BCUT2D eigenvalue weighted by molar-refractivity contribution is 0.169. The second kappa shape index (κ2) is 8.11. The predicted octanol–water partition coefficient (Wildman–Crippen LogP) is 6.40. The van der Waals surface area contributed by atoms with Crippen molar-refractivity contribution in [2.75, 3.05) is 11.9 Å². The molecule has 2 N–H and O–H groups in total. The molecule has 3 nitrogen and oxygen atoms in total. The Bertz CT molecular complexity index is 1050. The molecule has 3 aromatic carbocycles. The van der Waals surface area contributed by atoms with Crippen LogP contribution in [0.25, 0.3) is 21.8 Å². The molecule has 0 bridgehead atoms. The highest BCUT2D eigenvalue weighted by Crippen LogP contribution is 2.33. The first-order valence-electron chi connectivity index (χ1n) is 8.56. The van der Waals surface area contributed by atoms with Gasteiger partial charge in [-0.2, -0.15) is 0 Å². The molecule has 138 valence electrons. The van der Waals surface area contributed by atoms with Crippen LogP contribution in [0, 0.1) is 3.57 Å². The second-order valence-electron chi connectivity index (χ2n) is 6.48. The van der Waals surface area contributed by atoms with Crippen LogP contribution in [-0.2, 0) is 6.54 Å². The van der Waals surface area contributed by atoms with E-state index in [9.17, 15) is 5.11 Å². The van der Waals surface area contributed by atoms with Gasteiger partial charge in [-0.05, 0) is 83.3 Å². The lowest BCUT2D eigenvalue weighted by Gasteiger charge is -2.15. The van der Waals surface area contributed by atoms with Crippen LogP contribution >= 0.6 is 54.5 Å². The van der Waals surface area contributed by atoms with Gasteiger partial charge in [0, 0.05) is 46.6 Å². The smallest absolute Gasteiger partial charge is 0.0891 e. The molecule has 0 aliphatic carbocycles. The maximum atomic E-state index is 10.7. The highest BCUT2D eigenvalue weighted by Gasteiger charge is 2.14. The molecule has 4 aromatic rings. The van der Waals surface area contributed by atoms with Gasteiger partial charge >= 0.3 is 0 Å². The number of nitrogens with zero attached hydrogens (tertiary/aromatic N) is 1. The number of aromatic nitrogens is 1. The summed E-state index contributed by atoms with van der Waals surface area (Å²) in [6.07, 6.45) is -0.504. The summed E-state index contributed by atoms with van der Waals surface area (Å²) in [6, 6.07) is 20.7. The van der Waals surface area contributed by atoms with Gasteiger partial charge in [0.1, 0.15) is 0 Å². The highest BCUT2D eigenvalue weighted by molar-refractivity contribution is 14.1. The van der Waals surface area contributed by atoms with Crippen molar-refractivity contribution in [1.29, 1.82) is 0 Å². The largest absolute Gasteiger partial charge is 0.389 e. The Morgan fingerprint density at radius 2 is 1.44 bits per heavy atom. The fourth-order valence-electron chi connectivity index (χ4n) is 3.32. The maximum absolute atomic E-state index is 10.7. The first-order valence-corrected chi connectivity index (χ1v) is 11.2. The molecule has 0 radical (unpaired) electrons. The standard InChI is InChI=1S/C21H17Br2IN2O/c22-13-1-7-20-18(9-13)19-10-14(23)2-8-21(19)26(20)12-17(27)11-25-16-5-3-15(24)4-6-16/h1-10,17,25,27H,11-12H2. The monoisotopic (exact) mass is 598 g/mol. The van der Waals surface area contributed by atoms with Crippen molar-refractivity contribution >= 4 is 81.9 Å². The molecule has 1 unspecified atom stereocenters. The number of aliphatic hydroxyl groups excluding tert-OH is 1. The summed E-state index contributed by atoms with van der Waals surface area (Å²) in [5, 5.41) is 16.3. The first kappa shape index (κ1) is 19.2. The third-order valence-electron chi connectivity index (χ3n) is 4.57. The molecule has 0 fully saturated rings. The van der Waals surface area contributed by atoms with Crippen LogP contribution < -0.4 is 5.32 Å². The van der Waals surface area contributed by atoms with Gasteiger partial charge < -0.3 is 15.0 Å². The summed E-state index contributed by atoms with van der Waals surface area (Å²) in [5.41, 5.74) is 3.27. The molecule has 27 heavy (non-hydrogen) atoms. The summed E-state index contributed by atoms with van der Waals surface area (Å²) in [5.74, 6) is 0. The van der Waals surface area contributed by atoms with Crippen molar-refractivity contribution in [3.8, 4) is 0 Å². The van der Waals surface area contributed by atoms with Gasteiger partial charge in [-0.25, -0.2) is 0 Å². The van der Waals surface area contributed by atoms with Crippen LogP contribution in [0.1, 0.15) is 0 Å². The van der Waals surface area contributed by atoms with Crippen molar-refractivity contribution < 1.29 is 5.11 Å². The Morgan fingerprint density at radius 3 is 2.00 bits per heavy atom. The number of halogens is 3. The Labute approximate surface area is 188 Å². The van der Waals surface area contributed by atoms with Crippen LogP contribution in [0.3, 0.4) is 0 Å². The van der Waals surface area contributed by atoms with E-state index >= 15 is 0 Å². The van der Waals surface area contributed by atoms with Crippen molar-refractivity contribution in [1.82, 2.24) is 4.57 Å². The maximum Gasteiger partial charge on any atom is 0.0891 e. The molecule has 4 rings (SSSR count). The Hall–Kier alpha value is -1.09. The SMILES string of the molecule is OC(CNc1ccc(I)cc1)Cn1c2ccc(Br)cc2c2cc(Br)ccc21. The average Bonchev–Trinajstić information content (AvgIpc) is 2.94. The van der Waals surface area contributed by atoms with Crippen molar-refractivity contribution in [2.45, 2.75) is 12.6 Å². The summed E-state index contributed by atoms with van der Waals surface area (Å²) < 4.78 is 5.50. The Balaban J connectivity index is 1.63. The van der Waals surface area contributed by atoms with E-state index in [1.165, 1.54) is 14.3 Å². The summed E-state index contributed by atoms with van der Waals surface area (Å²) in [6.45, 7) is 1.02. The number of nitrogens with one attached hydrogen (secondary N) is 1. The van der Waals surface area contributed by atoms with E-state index in [0.29, 0.717) is 13.1 Å². The minimum Gasteiger partial charge on any atom is -0.389 e. The van der Waals surface area contributed by atoms with Crippen LogP contribution in [0.4, 0.5) is 5.69 Å². The summed E-state index contributed by atoms with van der Waals surface area (Å²) in [4.78, 5) is 0. The van der Waals surface area contributed by atoms with Crippen molar-refractivity contribution in [2.24, 2.45) is 0 Å². The minimum absolute atomic E-state index is 0.495. The molecule has 1 atom stereocenters. The van der Waals surface area contributed by atoms with Gasteiger partial charge in [-0.1, -0.05) is 31.9 Å². The molecule has 1 heterocycles. The van der Waals surface area contributed by atoms with E-state index in [-0.39, 0.29) is 0 Å². The molecular weight excluding hydrogens is 583 g/mol. The third-order valence-corrected chi connectivity index (χ3v) is 6.27. The number of aliphatic hydroxyl groups is 1. The zero-order valence-corrected chi connectivity index (χ0v) is 19.6. The minimum atomic E-state index is -0.504. The number of benzene rings is 3. The van der Waals surface area contributed by atoms with Crippen molar-refractivity contribution in [3.05, 3.63) is 73.2 Å². The van der Waals surface area contributed by atoms with Crippen LogP contribution in [0.15, 0.2) is 69.6 Å². The normalized spacial score (nSPS) is 12.6. The summed E-state index contributed by atoms with van der Waals surface area (Å²) >= 11 is 9.43. The number of fused-ring (bicyclic) bond motifs is 3. The molecule has 0 aliphatic rings. The fraction of sp³-hybridized carbons (Fsp3) is 0.143. The van der Waals surface area contributed by atoms with Crippen LogP contribution in [0.5, 0.6) is 0 Å². The van der Waals surface area contributed by atoms with E-state index < -0.39 is 6.10 Å². The molecule has 0 amide bonds. The van der Waals surface area contributed by atoms with E-state index in [2.05, 4.69) is 101 Å². The number of hydrogen-bond acceptors (Lipinski definition) is 2. The molecule has 0 spiro atoms. The quantitative estimate of drug-likeness (QED) is 0.261. The molecular formula is C21H17Br2IN2O. The van der Waals surface area contributed by atoms with Gasteiger partial charge in [0.05, 0.1) is 12.6 Å². The molecule has 0 saturated heterocycles. The molecule has 1 aromatic heterocycles. The Morgan fingerprint density at radius 1 is 0.889 bits per heavy atom. The Kier molecular flexibility index (Phi) is 5.78. The lowest BCUT2D eigenvalue weighted by atomic mass is 10.2. The van der Waals surface area contributed by atoms with E-state index in [1.54, 1.807) is 0 Å². The number of hydrogen-bond donors (Lipinski definition) is 2. The van der Waals surface area contributed by atoms with Gasteiger partial charge in [0.15, 0.2) is 0 Å². The van der Waals surface area contributed by atoms with Crippen LogP contribution in [-0.4, -0.2) is 22.3 Å². The number of anilines is 1. The highest BCUT2D eigenvalue weighted by atomic mass is 127. The molecule has 0 saturated carbocycles. The van der Waals surface area contributed by atoms with E-state index in [1.807, 2.05) is 24.3 Å². The molecule has 6 heteroatoms. The second-order valence-corrected chi connectivity index (χ2v) is 9.55. The van der Waals surface area contributed by atoms with E-state index in [0.717, 1.165) is 25.7 Å². The number of rotatable bonds is 5. The topological polar surface area (TPSA) is 37.2 Å². The zero-order valence-electron chi connectivity index (χ0n) is 14.3. The first-order chi connectivity index (χ1) is 13.0. The van der Waals surface area contributed by atoms with E-state index in [4.69, 9.17) is 0 Å². The zero-order chi connectivity index (χ0) is 19.0. The van der Waals surface area contributed by atoms with Gasteiger partial charge in [-0.3, -0.25) is 0 Å². The van der Waals surface area contributed by atoms with Gasteiger partial charge in [0.25, 0.3) is 0 Å². The average molecular weight is 600 g/mol. The third kappa shape index (κ3) is 4.18. The molecule has 0 aliphatic heterocycles. The van der Waals surface area contributed by atoms with Crippen molar-refractivity contribution in [3.63, 3.8) is 0 Å².